The van der Waals surface area contributed by atoms with Crippen molar-refractivity contribution in [1.29, 1.82) is 0 Å². The summed E-state index contributed by atoms with van der Waals surface area (Å²) in [5.41, 5.74) is 2.92. The van der Waals surface area contributed by atoms with E-state index in [9.17, 15) is 0 Å². The summed E-state index contributed by atoms with van der Waals surface area (Å²) in [5.74, 6) is 0.929. The average Bonchev–Trinajstić information content (AvgIpc) is 2.95. The van der Waals surface area contributed by atoms with Crippen molar-refractivity contribution in [2.45, 2.75) is 37.4 Å². The number of hydrogen-bond acceptors (Lipinski definition) is 2. The van der Waals surface area contributed by atoms with Crippen molar-refractivity contribution >= 4 is 27.3 Å². The van der Waals surface area contributed by atoms with Gasteiger partial charge in [-0.25, -0.2) is 0 Å². The van der Waals surface area contributed by atoms with Gasteiger partial charge in [-0.05, 0) is 29.0 Å². The van der Waals surface area contributed by atoms with Gasteiger partial charge in [0.25, 0.3) is 0 Å². The maximum atomic E-state index is 5.25. The lowest BCUT2D eigenvalue weighted by molar-refractivity contribution is 0.416. The van der Waals surface area contributed by atoms with Crippen LogP contribution in [-0.2, 0) is 5.41 Å². The molecule has 0 N–H and O–H groups in total. The molecule has 1 heterocycles. The number of thiophene rings is 1. The van der Waals surface area contributed by atoms with Crippen LogP contribution < -0.4 is 4.74 Å². The summed E-state index contributed by atoms with van der Waals surface area (Å²) in [6.07, 6.45) is 1.15. The zero-order valence-electron chi connectivity index (χ0n) is 12.4. The van der Waals surface area contributed by atoms with Gasteiger partial charge in [-0.1, -0.05) is 61.0 Å². The van der Waals surface area contributed by atoms with E-state index < -0.39 is 0 Å². The first kappa shape index (κ1) is 15.6. The molecular formula is C17H21BrOS. The number of benzene rings is 1. The van der Waals surface area contributed by atoms with Crippen LogP contribution in [0.4, 0.5) is 0 Å². The van der Waals surface area contributed by atoms with Crippen LogP contribution in [0.3, 0.4) is 0 Å². The summed E-state index contributed by atoms with van der Waals surface area (Å²) >= 11 is 5.50. The molecule has 0 amide bonds. The zero-order valence-corrected chi connectivity index (χ0v) is 14.8. The number of methoxy groups -OCH3 is 1. The minimum Gasteiger partial charge on any atom is -0.496 e. The molecule has 1 nitrogen and oxygen atoms in total. The Morgan fingerprint density at radius 2 is 1.90 bits per heavy atom. The average molecular weight is 353 g/mol. The van der Waals surface area contributed by atoms with Crippen molar-refractivity contribution in [3.05, 3.63) is 51.7 Å². The Kier molecular flexibility index (Phi) is 4.92. The molecule has 2 rings (SSSR count). The van der Waals surface area contributed by atoms with E-state index in [1.807, 2.05) is 5.38 Å². The van der Waals surface area contributed by atoms with Crippen molar-refractivity contribution < 1.29 is 4.74 Å². The Hall–Kier alpha value is -0.800. The predicted octanol–water partition coefficient (Wildman–Crippen LogP) is 5.93. The van der Waals surface area contributed by atoms with Crippen molar-refractivity contribution in [1.82, 2.24) is 0 Å². The Balaban J connectivity index is 2.21. The van der Waals surface area contributed by atoms with Gasteiger partial charge in [0.05, 0.1) is 11.9 Å². The lowest BCUT2D eigenvalue weighted by Gasteiger charge is -2.23. The molecule has 1 aromatic heterocycles. The molecule has 0 radical (unpaired) electrons. The first-order valence-corrected chi connectivity index (χ1v) is 8.64. The monoisotopic (exact) mass is 352 g/mol. The van der Waals surface area contributed by atoms with Crippen LogP contribution in [-0.4, -0.2) is 7.11 Å². The maximum absolute atomic E-state index is 5.25. The second kappa shape index (κ2) is 6.31. The number of alkyl halides is 1. The highest BCUT2D eigenvalue weighted by Gasteiger charge is 2.19. The van der Waals surface area contributed by atoms with Crippen LogP contribution in [0.15, 0.2) is 35.7 Å². The molecule has 2 aromatic rings. The predicted molar refractivity (Wildman–Crippen MR) is 91.4 cm³/mol. The Morgan fingerprint density at radius 1 is 1.25 bits per heavy atom. The van der Waals surface area contributed by atoms with Gasteiger partial charge in [-0.3, -0.25) is 0 Å². The Morgan fingerprint density at radius 3 is 2.40 bits per heavy atom. The fraction of sp³-hybridized carbons (Fsp3) is 0.412. The van der Waals surface area contributed by atoms with E-state index in [0.717, 1.165) is 12.2 Å². The molecule has 0 fully saturated rings. The fourth-order valence-corrected chi connectivity index (χ4v) is 3.66. The van der Waals surface area contributed by atoms with Gasteiger partial charge in [0.1, 0.15) is 5.75 Å². The molecule has 0 aliphatic carbocycles. The first-order valence-electron chi connectivity index (χ1n) is 6.85. The summed E-state index contributed by atoms with van der Waals surface area (Å²) < 4.78 is 5.25. The molecule has 3 heteroatoms. The number of hydrogen-bond donors (Lipinski definition) is 0. The Bertz CT molecular complexity index is 557. The van der Waals surface area contributed by atoms with E-state index in [4.69, 9.17) is 4.74 Å². The topological polar surface area (TPSA) is 9.23 Å². The Labute approximate surface area is 134 Å². The highest BCUT2D eigenvalue weighted by molar-refractivity contribution is 9.09. The lowest BCUT2D eigenvalue weighted by atomic mass is 9.82. The van der Waals surface area contributed by atoms with Crippen LogP contribution in [0.1, 0.15) is 48.0 Å². The van der Waals surface area contributed by atoms with Crippen LogP contribution in [0.25, 0.3) is 0 Å². The van der Waals surface area contributed by atoms with E-state index >= 15 is 0 Å². The summed E-state index contributed by atoms with van der Waals surface area (Å²) in [6, 6.07) is 11.0. The minimum atomic E-state index is 0.232. The molecule has 0 saturated carbocycles. The van der Waals surface area contributed by atoms with E-state index in [1.54, 1.807) is 18.4 Å². The molecule has 0 spiro atoms. The molecule has 0 aliphatic heterocycles. The van der Waals surface area contributed by atoms with Crippen molar-refractivity contribution in [2.24, 2.45) is 0 Å². The lowest BCUT2D eigenvalue weighted by Crippen LogP contribution is -2.15. The summed E-state index contributed by atoms with van der Waals surface area (Å²) in [5, 5.41) is 2.04. The van der Waals surface area contributed by atoms with Gasteiger partial charge in [-0.2, -0.15) is 0 Å². The molecule has 20 heavy (non-hydrogen) atoms. The zero-order chi connectivity index (χ0) is 14.8. The largest absolute Gasteiger partial charge is 0.496 e. The summed E-state index contributed by atoms with van der Waals surface area (Å²) in [6.45, 7) is 6.81. The molecule has 0 bridgehead atoms. The fourth-order valence-electron chi connectivity index (χ4n) is 2.05. The molecule has 108 valence electrons. The molecular weight excluding hydrogens is 332 g/mol. The van der Waals surface area contributed by atoms with Gasteiger partial charge in [0, 0.05) is 10.3 Å². The highest BCUT2D eigenvalue weighted by Crippen LogP contribution is 2.37. The second-order valence-electron chi connectivity index (χ2n) is 5.61. The maximum Gasteiger partial charge on any atom is 0.129 e. The first-order chi connectivity index (χ1) is 9.47. The minimum absolute atomic E-state index is 0.232. The van der Waals surface area contributed by atoms with Gasteiger partial charge in [0.15, 0.2) is 0 Å². The van der Waals surface area contributed by atoms with Crippen molar-refractivity contribution in [3.63, 3.8) is 0 Å². The van der Waals surface area contributed by atoms with Gasteiger partial charge in [0.2, 0.25) is 0 Å². The molecule has 0 saturated heterocycles. The third-order valence-corrected chi connectivity index (χ3v) is 6.25. The van der Waals surface area contributed by atoms with Crippen LogP contribution in [0, 0.1) is 0 Å². The van der Waals surface area contributed by atoms with Crippen molar-refractivity contribution in [3.8, 4) is 5.75 Å². The summed E-state index contributed by atoms with van der Waals surface area (Å²) in [7, 11) is 1.71. The van der Waals surface area contributed by atoms with E-state index in [2.05, 4.69) is 67.0 Å². The number of halogens is 1. The summed E-state index contributed by atoms with van der Waals surface area (Å²) in [4.78, 5) is 1.50. The smallest absolute Gasteiger partial charge is 0.129 e. The van der Waals surface area contributed by atoms with Crippen molar-refractivity contribution in [2.75, 3.05) is 7.11 Å². The van der Waals surface area contributed by atoms with Crippen LogP contribution in [0.5, 0.6) is 5.75 Å². The standard InChI is InChI=1S/C17H21BrOS/c1-5-17(2,3)13-8-6-12(7-9-13)16(18)15-10-14(19-4)11-20-15/h6-11,16H,5H2,1-4H3. The third-order valence-electron chi connectivity index (χ3n) is 3.95. The molecule has 1 unspecified atom stereocenters. The van der Waals surface area contributed by atoms with Crippen LogP contribution in [0.2, 0.25) is 0 Å². The number of ether oxygens (including phenoxy) is 1. The highest BCUT2D eigenvalue weighted by atomic mass is 79.9. The molecule has 0 aliphatic rings. The third kappa shape index (κ3) is 3.26. The number of rotatable bonds is 5. The van der Waals surface area contributed by atoms with Gasteiger partial charge in [-0.15, -0.1) is 11.3 Å². The van der Waals surface area contributed by atoms with Gasteiger partial charge < -0.3 is 4.74 Å². The SMILES string of the molecule is CCC(C)(C)c1ccc(C(Br)c2cc(OC)cs2)cc1. The van der Waals surface area contributed by atoms with Crippen LogP contribution >= 0.6 is 27.3 Å². The van der Waals surface area contributed by atoms with E-state index in [-0.39, 0.29) is 10.2 Å². The second-order valence-corrected chi connectivity index (χ2v) is 7.47. The molecule has 1 atom stereocenters. The normalized spacial score (nSPS) is 13.2. The molecule has 1 aromatic carbocycles. The van der Waals surface area contributed by atoms with E-state index in [1.165, 1.54) is 16.0 Å². The quantitative estimate of drug-likeness (QED) is 0.606. The van der Waals surface area contributed by atoms with E-state index in [0.29, 0.717) is 0 Å². The van der Waals surface area contributed by atoms with Gasteiger partial charge >= 0.3 is 0 Å².